The van der Waals surface area contributed by atoms with Crippen LogP contribution in [-0.4, -0.2) is 25.5 Å². The Labute approximate surface area is 155 Å². The molecular weight excluding hydrogens is 359 g/mol. The molecule has 2 heterocycles. The number of amides is 1. The van der Waals surface area contributed by atoms with Crippen molar-refractivity contribution in [1.29, 1.82) is 0 Å². The number of carbonyl (C=O) groups is 1. The van der Waals surface area contributed by atoms with E-state index in [1.165, 1.54) is 4.68 Å². The van der Waals surface area contributed by atoms with Gasteiger partial charge in [-0.3, -0.25) is 14.2 Å². The van der Waals surface area contributed by atoms with E-state index in [1.54, 1.807) is 17.7 Å². The van der Waals surface area contributed by atoms with Gasteiger partial charge in [0.05, 0.1) is 0 Å². The van der Waals surface area contributed by atoms with Gasteiger partial charge in [-0.1, -0.05) is 6.92 Å². The Balaban J connectivity index is 1.89. The number of aromatic nitrogens is 4. The summed E-state index contributed by atoms with van der Waals surface area (Å²) in [5, 5.41) is 10.9. The van der Waals surface area contributed by atoms with Crippen LogP contribution >= 0.6 is 0 Å². The first-order valence-corrected chi connectivity index (χ1v) is 9.18. The molecule has 0 aromatic carbocycles. The maximum atomic E-state index is 13.3. The average Bonchev–Trinajstić information content (AvgIpc) is 3.23. The molecule has 9 heteroatoms. The van der Waals surface area contributed by atoms with Gasteiger partial charge < -0.3 is 5.32 Å². The van der Waals surface area contributed by atoms with Gasteiger partial charge in [0.15, 0.2) is 11.5 Å². The largest absolute Gasteiger partial charge is 0.435 e. The zero-order valence-corrected chi connectivity index (χ0v) is 15.9. The van der Waals surface area contributed by atoms with Crippen LogP contribution in [0, 0.1) is 6.92 Å². The van der Waals surface area contributed by atoms with Crippen molar-refractivity contribution < 1.29 is 18.0 Å². The fraction of sp³-hybridized carbons (Fsp3) is 0.611. The number of hydrogen-bond acceptors (Lipinski definition) is 3. The first kappa shape index (κ1) is 19.4. The first-order valence-electron chi connectivity index (χ1n) is 9.18. The van der Waals surface area contributed by atoms with E-state index in [0.717, 1.165) is 5.69 Å². The predicted molar refractivity (Wildman–Crippen MR) is 94.6 cm³/mol. The van der Waals surface area contributed by atoms with E-state index in [4.69, 9.17) is 0 Å². The Hall–Kier alpha value is -2.32. The van der Waals surface area contributed by atoms with Gasteiger partial charge in [0.1, 0.15) is 6.04 Å². The van der Waals surface area contributed by atoms with Gasteiger partial charge in [-0.05, 0) is 46.5 Å². The Morgan fingerprint density at radius 2 is 1.96 bits per heavy atom. The summed E-state index contributed by atoms with van der Waals surface area (Å²) in [6.07, 6.45) is -2.68. The van der Waals surface area contributed by atoms with Crippen molar-refractivity contribution in [3.8, 4) is 0 Å². The molecule has 148 valence electrons. The van der Waals surface area contributed by atoms with E-state index < -0.39 is 23.8 Å². The summed E-state index contributed by atoms with van der Waals surface area (Å²) in [6.45, 7) is 7.60. The number of anilines is 1. The van der Waals surface area contributed by atoms with Crippen LogP contribution in [-0.2, 0) is 23.8 Å². The van der Waals surface area contributed by atoms with Crippen LogP contribution in [0.25, 0.3) is 0 Å². The number of hydrogen-bond donors (Lipinski definition) is 1. The highest BCUT2D eigenvalue weighted by Crippen LogP contribution is 2.38. The number of fused-ring (bicyclic) bond motifs is 1. The van der Waals surface area contributed by atoms with Gasteiger partial charge in [-0.25, -0.2) is 0 Å². The number of nitrogens with zero attached hydrogens (tertiary/aromatic N) is 4. The summed E-state index contributed by atoms with van der Waals surface area (Å²) in [5.41, 5.74) is 0.788. The van der Waals surface area contributed by atoms with Crippen molar-refractivity contribution in [3.05, 3.63) is 28.7 Å². The SMILES string of the molecule is CCC(C(=O)Nc1cc(C)n(C(C)C)n1)n1nc(C(F)(F)F)c2c1CCC2. The van der Waals surface area contributed by atoms with E-state index >= 15 is 0 Å². The van der Waals surface area contributed by atoms with Crippen molar-refractivity contribution in [2.75, 3.05) is 5.32 Å². The van der Waals surface area contributed by atoms with Gasteiger partial charge in [0.2, 0.25) is 5.91 Å². The maximum absolute atomic E-state index is 13.3. The molecule has 0 spiro atoms. The van der Waals surface area contributed by atoms with E-state index in [2.05, 4.69) is 15.5 Å². The van der Waals surface area contributed by atoms with Crippen LogP contribution in [0.3, 0.4) is 0 Å². The lowest BCUT2D eigenvalue weighted by atomic mass is 10.1. The second-order valence-corrected chi connectivity index (χ2v) is 7.19. The molecule has 1 unspecified atom stereocenters. The van der Waals surface area contributed by atoms with Gasteiger partial charge >= 0.3 is 6.18 Å². The zero-order valence-electron chi connectivity index (χ0n) is 15.9. The fourth-order valence-electron chi connectivity index (χ4n) is 3.70. The van der Waals surface area contributed by atoms with Crippen LogP contribution in [0.2, 0.25) is 0 Å². The third-order valence-electron chi connectivity index (χ3n) is 4.87. The fourth-order valence-corrected chi connectivity index (χ4v) is 3.70. The first-order chi connectivity index (χ1) is 12.6. The zero-order chi connectivity index (χ0) is 19.9. The highest BCUT2D eigenvalue weighted by Gasteiger charge is 2.41. The number of aryl methyl sites for hydroxylation is 1. The minimum Gasteiger partial charge on any atom is -0.307 e. The van der Waals surface area contributed by atoms with Crippen molar-refractivity contribution in [2.45, 2.75) is 71.6 Å². The standard InChI is InChI=1S/C18H24F3N5O/c1-5-13(17(27)22-15-9-11(4)25(23-15)10(2)3)26-14-8-6-7-12(14)16(24-26)18(19,20)21/h9-10,13H,5-8H2,1-4H3,(H,22,23,27). The topological polar surface area (TPSA) is 64.7 Å². The monoisotopic (exact) mass is 383 g/mol. The number of alkyl halides is 3. The second kappa shape index (κ2) is 7.01. The van der Waals surface area contributed by atoms with Gasteiger partial charge in [0.25, 0.3) is 0 Å². The number of rotatable bonds is 5. The molecule has 27 heavy (non-hydrogen) atoms. The molecule has 0 saturated heterocycles. The van der Waals surface area contributed by atoms with Crippen molar-refractivity contribution in [3.63, 3.8) is 0 Å². The quantitative estimate of drug-likeness (QED) is 0.847. The van der Waals surface area contributed by atoms with Crippen molar-refractivity contribution in [1.82, 2.24) is 19.6 Å². The molecule has 6 nitrogen and oxygen atoms in total. The molecule has 0 saturated carbocycles. The lowest BCUT2D eigenvalue weighted by molar-refractivity contribution is -0.142. The molecule has 2 aromatic heterocycles. The summed E-state index contributed by atoms with van der Waals surface area (Å²) in [7, 11) is 0. The summed E-state index contributed by atoms with van der Waals surface area (Å²) >= 11 is 0. The van der Waals surface area contributed by atoms with Gasteiger partial charge in [0, 0.05) is 29.1 Å². The Morgan fingerprint density at radius 1 is 1.26 bits per heavy atom. The molecule has 3 rings (SSSR count). The Bertz CT molecular complexity index is 850. The number of carbonyl (C=O) groups excluding carboxylic acids is 1. The maximum Gasteiger partial charge on any atom is 0.435 e. The minimum absolute atomic E-state index is 0.140. The molecule has 1 amide bonds. The summed E-state index contributed by atoms with van der Waals surface area (Å²) in [5.74, 6) is -0.0127. The Kier molecular flexibility index (Phi) is 5.05. The summed E-state index contributed by atoms with van der Waals surface area (Å²) in [6, 6.07) is 1.08. The number of halogens is 3. The van der Waals surface area contributed by atoms with Crippen LogP contribution in [0.15, 0.2) is 6.07 Å². The predicted octanol–water partition coefficient (Wildman–Crippen LogP) is 4.07. The molecule has 0 fully saturated rings. The summed E-state index contributed by atoms with van der Waals surface area (Å²) in [4.78, 5) is 12.8. The van der Waals surface area contributed by atoms with Crippen molar-refractivity contribution >= 4 is 11.7 Å². The highest BCUT2D eigenvalue weighted by molar-refractivity contribution is 5.92. The van der Waals surface area contributed by atoms with Gasteiger partial charge in [-0.2, -0.15) is 23.4 Å². The minimum atomic E-state index is -4.51. The third-order valence-corrected chi connectivity index (χ3v) is 4.87. The van der Waals surface area contributed by atoms with Crippen LogP contribution in [0.1, 0.15) is 68.3 Å². The normalized spacial score (nSPS) is 15.3. The summed E-state index contributed by atoms with van der Waals surface area (Å²) < 4.78 is 43.0. The number of nitrogens with one attached hydrogen (secondary N) is 1. The van der Waals surface area contributed by atoms with Gasteiger partial charge in [-0.15, -0.1) is 0 Å². The van der Waals surface area contributed by atoms with E-state index in [0.29, 0.717) is 37.2 Å². The van der Waals surface area contributed by atoms with Crippen LogP contribution in [0.5, 0.6) is 0 Å². The second-order valence-electron chi connectivity index (χ2n) is 7.19. The molecule has 1 aliphatic carbocycles. The van der Waals surface area contributed by atoms with E-state index in [-0.39, 0.29) is 11.6 Å². The van der Waals surface area contributed by atoms with Crippen LogP contribution in [0.4, 0.5) is 19.0 Å². The molecule has 0 bridgehead atoms. The van der Waals surface area contributed by atoms with E-state index in [1.807, 2.05) is 20.8 Å². The average molecular weight is 383 g/mol. The molecule has 1 aliphatic rings. The Morgan fingerprint density at radius 3 is 2.52 bits per heavy atom. The smallest absolute Gasteiger partial charge is 0.307 e. The van der Waals surface area contributed by atoms with E-state index in [9.17, 15) is 18.0 Å². The highest BCUT2D eigenvalue weighted by atomic mass is 19.4. The lowest BCUT2D eigenvalue weighted by Crippen LogP contribution is -2.28. The van der Waals surface area contributed by atoms with Crippen LogP contribution < -0.4 is 5.32 Å². The third kappa shape index (κ3) is 3.59. The lowest BCUT2D eigenvalue weighted by Gasteiger charge is -2.17. The molecule has 0 aliphatic heterocycles. The molecule has 1 N–H and O–H groups in total. The molecule has 2 aromatic rings. The molecule has 1 atom stereocenters. The van der Waals surface area contributed by atoms with Crippen molar-refractivity contribution in [2.24, 2.45) is 0 Å². The molecular formula is C18H24F3N5O. The molecule has 0 radical (unpaired) electrons.